The first-order chi connectivity index (χ1) is 8.06. The zero-order valence-electron chi connectivity index (χ0n) is 10.8. The van der Waals surface area contributed by atoms with E-state index >= 15 is 0 Å². The van der Waals surface area contributed by atoms with Gasteiger partial charge in [-0.25, -0.2) is 0 Å². The van der Waals surface area contributed by atoms with Gasteiger partial charge < -0.3 is 9.67 Å². The maximum absolute atomic E-state index is 10.2. The number of aromatic nitrogens is 3. The average molecular weight is 255 g/mol. The number of thioether (sulfide) groups is 1. The molecule has 1 rings (SSSR count). The van der Waals surface area contributed by atoms with E-state index in [0.29, 0.717) is 12.3 Å². The molecule has 0 unspecified atom stereocenters. The van der Waals surface area contributed by atoms with Crippen LogP contribution in [-0.2, 0) is 6.54 Å². The van der Waals surface area contributed by atoms with Crippen molar-refractivity contribution in [1.82, 2.24) is 14.8 Å². The van der Waals surface area contributed by atoms with Crippen molar-refractivity contribution in [3.8, 4) is 0 Å². The highest BCUT2D eigenvalue weighted by atomic mass is 32.2. The lowest BCUT2D eigenvalue weighted by molar-refractivity contribution is 0.0571. The lowest BCUT2D eigenvalue weighted by Crippen LogP contribution is -2.29. The van der Waals surface area contributed by atoms with Crippen LogP contribution in [-0.4, -0.2) is 31.2 Å². The van der Waals surface area contributed by atoms with Crippen LogP contribution in [0.1, 0.15) is 32.5 Å². The van der Waals surface area contributed by atoms with Gasteiger partial charge in [-0.3, -0.25) is 0 Å². The summed E-state index contributed by atoms with van der Waals surface area (Å²) in [7, 11) is 0. The van der Waals surface area contributed by atoms with Gasteiger partial charge in [0.2, 0.25) is 0 Å². The Labute approximate surface area is 107 Å². The molecule has 1 heterocycles. The van der Waals surface area contributed by atoms with Gasteiger partial charge in [0.05, 0.1) is 5.60 Å². The Kier molecular flexibility index (Phi) is 5.21. The van der Waals surface area contributed by atoms with Crippen molar-refractivity contribution < 1.29 is 5.11 Å². The van der Waals surface area contributed by atoms with E-state index in [9.17, 15) is 5.11 Å². The zero-order chi connectivity index (χ0) is 12.9. The van der Waals surface area contributed by atoms with Crippen molar-refractivity contribution in [2.75, 3.05) is 5.75 Å². The summed E-state index contributed by atoms with van der Waals surface area (Å²) in [6.45, 7) is 10.4. The van der Waals surface area contributed by atoms with Crippen molar-refractivity contribution in [1.29, 1.82) is 0 Å². The standard InChI is InChI=1S/C12H21N3OS/c1-5-8-15-10(4)13-14-11(15)17-9-12(16,6-2)7-3/h5,16H,1,6-9H2,2-4H3. The Hall–Kier alpha value is -0.810. The second-order valence-electron chi connectivity index (χ2n) is 4.15. The van der Waals surface area contributed by atoms with E-state index in [1.54, 1.807) is 11.8 Å². The molecule has 0 fully saturated rings. The second kappa shape index (κ2) is 6.21. The number of hydrogen-bond acceptors (Lipinski definition) is 4. The van der Waals surface area contributed by atoms with Gasteiger partial charge in [0.1, 0.15) is 5.82 Å². The fraction of sp³-hybridized carbons (Fsp3) is 0.667. The van der Waals surface area contributed by atoms with Gasteiger partial charge in [0.15, 0.2) is 5.16 Å². The molecule has 1 aromatic heterocycles. The Morgan fingerprint density at radius 1 is 1.41 bits per heavy atom. The fourth-order valence-corrected chi connectivity index (χ4v) is 2.73. The molecule has 0 aliphatic rings. The molecular weight excluding hydrogens is 234 g/mol. The van der Waals surface area contributed by atoms with Gasteiger partial charge in [-0.05, 0) is 19.8 Å². The molecule has 0 radical (unpaired) electrons. The Balaban J connectivity index is 2.72. The summed E-state index contributed by atoms with van der Waals surface area (Å²) in [4.78, 5) is 0. The van der Waals surface area contributed by atoms with Crippen LogP contribution in [0.5, 0.6) is 0 Å². The molecule has 0 aliphatic heterocycles. The maximum atomic E-state index is 10.2. The number of rotatable bonds is 7. The van der Waals surface area contributed by atoms with Crippen molar-refractivity contribution in [2.24, 2.45) is 0 Å². The summed E-state index contributed by atoms with van der Waals surface area (Å²) in [6.07, 6.45) is 3.34. The summed E-state index contributed by atoms with van der Waals surface area (Å²) in [5.41, 5.74) is -0.608. The predicted molar refractivity (Wildman–Crippen MR) is 71.2 cm³/mol. The quantitative estimate of drug-likeness (QED) is 0.600. The minimum atomic E-state index is -0.608. The molecule has 0 amide bonds. The molecule has 1 aromatic rings. The van der Waals surface area contributed by atoms with E-state index in [1.165, 1.54) is 0 Å². The number of aliphatic hydroxyl groups is 1. The smallest absolute Gasteiger partial charge is 0.191 e. The van der Waals surface area contributed by atoms with E-state index in [-0.39, 0.29) is 0 Å². The van der Waals surface area contributed by atoms with E-state index in [2.05, 4.69) is 16.8 Å². The van der Waals surface area contributed by atoms with E-state index in [4.69, 9.17) is 0 Å². The van der Waals surface area contributed by atoms with Gasteiger partial charge in [-0.15, -0.1) is 16.8 Å². The Bertz CT molecular complexity index is 372. The minimum Gasteiger partial charge on any atom is -0.389 e. The molecule has 0 saturated heterocycles. The van der Waals surface area contributed by atoms with Crippen molar-refractivity contribution >= 4 is 11.8 Å². The molecule has 0 spiro atoms. The maximum Gasteiger partial charge on any atom is 0.191 e. The van der Waals surface area contributed by atoms with Crippen LogP contribution >= 0.6 is 11.8 Å². The molecule has 0 atom stereocenters. The monoisotopic (exact) mass is 255 g/mol. The summed E-state index contributed by atoms with van der Waals surface area (Å²) >= 11 is 1.56. The number of nitrogens with zero attached hydrogens (tertiary/aromatic N) is 3. The van der Waals surface area contributed by atoms with Crippen LogP contribution in [0.4, 0.5) is 0 Å². The lowest BCUT2D eigenvalue weighted by atomic mass is 10.0. The third-order valence-corrected chi connectivity index (χ3v) is 4.24. The summed E-state index contributed by atoms with van der Waals surface area (Å²) < 4.78 is 2.00. The largest absolute Gasteiger partial charge is 0.389 e. The average Bonchev–Trinajstić information content (AvgIpc) is 2.69. The van der Waals surface area contributed by atoms with Crippen LogP contribution in [0.25, 0.3) is 0 Å². The zero-order valence-corrected chi connectivity index (χ0v) is 11.6. The van der Waals surface area contributed by atoms with Gasteiger partial charge in [-0.1, -0.05) is 31.7 Å². The second-order valence-corrected chi connectivity index (χ2v) is 5.09. The van der Waals surface area contributed by atoms with E-state index in [1.807, 2.05) is 31.4 Å². The van der Waals surface area contributed by atoms with Crippen LogP contribution in [0.15, 0.2) is 17.8 Å². The number of hydrogen-bond donors (Lipinski definition) is 1. The molecule has 5 heteroatoms. The topological polar surface area (TPSA) is 50.9 Å². The third-order valence-electron chi connectivity index (χ3n) is 3.00. The van der Waals surface area contributed by atoms with Crippen LogP contribution in [0, 0.1) is 6.92 Å². The van der Waals surface area contributed by atoms with Crippen molar-refractivity contribution in [2.45, 2.75) is 50.9 Å². The molecular formula is C12H21N3OS. The first kappa shape index (κ1) is 14.3. The van der Waals surface area contributed by atoms with Gasteiger partial charge in [0, 0.05) is 12.3 Å². The molecule has 96 valence electrons. The van der Waals surface area contributed by atoms with Gasteiger partial charge in [-0.2, -0.15) is 0 Å². The molecule has 0 aliphatic carbocycles. The molecule has 17 heavy (non-hydrogen) atoms. The molecule has 0 aromatic carbocycles. The van der Waals surface area contributed by atoms with E-state index < -0.39 is 5.60 Å². The third kappa shape index (κ3) is 3.57. The van der Waals surface area contributed by atoms with Crippen molar-refractivity contribution in [3.63, 3.8) is 0 Å². The van der Waals surface area contributed by atoms with Crippen LogP contribution in [0.3, 0.4) is 0 Å². The molecule has 1 N–H and O–H groups in total. The highest BCUT2D eigenvalue weighted by Crippen LogP contribution is 2.26. The van der Waals surface area contributed by atoms with Gasteiger partial charge in [0.25, 0.3) is 0 Å². The highest BCUT2D eigenvalue weighted by molar-refractivity contribution is 7.99. The predicted octanol–water partition coefficient (Wildman–Crippen LogP) is 2.42. The first-order valence-corrected chi connectivity index (χ1v) is 6.90. The summed E-state index contributed by atoms with van der Waals surface area (Å²) in [6, 6.07) is 0. The summed E-state index contributed by atoms with van der Waals surface area (Å²) in [5.74, 6) is 1.53. The lowest BCUT2D eigenvalue weighted by Gasteiger charge is -2.24. The Morgan fingerprint density at radius 3 is 2.59 bits per heavy atom. The summed E-state index contributed by atoms with van der Waals surface area (Å²) in [5, 5.41) is 19.2. The minimum absolute atomic E-state index is 0.608. The fourth-order valence-electron chi connectivity index (χ4n) is 1.46. The Morgan fingerprint density at radius 2 is 2.06 bits per heavy atom. The van der Waals surface area contributed by atoms with Crippen LogP contribution < -0.4 is 0 Å². The molecule has 4 nitrogen and oxygen atoms in total. The first-order valence-electron chi connectivity index (χ1n) is 5.92. The van der Waals surface area contributed by atoms with Crippen LogP contribution in [0.2, 0.25) is 0 Å². The number of allylic oxidation sites excluding steroid dienone is 1. The van der Waals surface area contributed by atoms with Crippen molar-refractivity contribution in [3.05, 3.63) is 18.5 Å². The normalized spacial score (nSPS) is 11.8. The SMILES string of the molecule is C=CCn1c(C)nnc1SCC(O)(CC)CC. The molecule has 0 bridgehead atoms. The highest BCUT2D eigenvalue weighted by Gasteiger charge is 2.23. The number of aryl methyl sites for hydroxylation is 1. The van der Waals surface area contributed by atoms with E-state index in [0.717, 1.165) is 23.8 Å². The van der Waals surface area contributed by atoms with Gasteiger partial charge >= 0.3 is 0 Å². The molecule has 0 saturated carbocycles.